The van der Waals surface area contributed by atoms with Crippen LogP contribution in [0.3, 0.4) is 0 Å². The predicted molar refractivity (Wildman–Crippen MR) is 152 cm³/mol. The molecule has 0 radical (unpaired) electrons. The first-order valence-corrected chi connectivity index (χ1v) is 15.2. The van der Waals surface area contributed by atoms with Crippen LogP contribution in [0.1, 0.15) is 51.9 Å². The summed E-state index contributed by atoms with van der Waals surface area (Å²) in [4.78, 5) is 40.6. The molecule has 12 heteroatoms. The molecular formula is C28H31N3O7S2. The summed E-state index contributed by atoms with van der Waals surface area (Å²) in [5, 5.41) is 3.11. The number of esters is 1. The van der Waals surface area contributed by atoms with E-state index in [4.69, 9.17) is 9.47 Å². The molecule has 0 saturated carbocycles. The number of para-hydroxylation sites is 1. The van der Waals surface area contributed by atoms with Crippen molar-refractivity contribution < 1.29 is 32.3 Å². The van der Waals surface area contributed by atoms with Crippen LogP contribution in [0.15, 0.2) is 59.5 Å². The van der Waals surface area contributed by atoms with Crippen molar-refractivity contribution in [3.63, 3.8) is 0 Å². The monoisotopic (exact) mass is 585 g/mol. The fourth-order valence-electron chi connectivity index (χ4n) is 4.45. The molecule has 2 amide bonds. The first kappa shape index (κ1) is 29.1. The van der Waals surface area contributed by atoms with Gasteiger partial charge in [0.15, 0.2) is 0 Å². The van der Waals surface area contributed by atoms with Crippen LogP contribution in [0.4, 0.5) is 15.5 Å². The van der Waals surface area contributed by atoms with Gasteiger partial charge in [-0.3, -0.25) is 9.10 Å². The Hall–Kier alpha value is -3.90. The number of benzene rings is 2. The second-order valence-electron chi connectivity index (χ2n) is 8.78. The molecule has 4 rings (SSSR count). The molecule has 0 aliphatic carbocycles. The minimum Gasteiger partial charge on any atom is -0.462 e. The van der Waals surface area contributed by atoms with E-state index >= 15 is 0 Å². The van der Waals surface area contributed by atoms with Crippen molar-refractivity contribution in [3.05, 3.63) is 76.2 Å². The molecule has 10 nitrogen and oxygen atoms in total. The van der Waals surface area contributed by atoms with Crippen LogP contribution in [-0.2, 0) is 32.5 Å². The highest BCUT2D eigenvalue weighted by Crippen LogP contribution is 2.38. The summed E-state index contributed by atoms with van der Waals surface area (Å²) in [5.74, 6) is -1.06. The first-order chi connectivity index (χ1) is 19.2. The lowest BCUT2D eigenvalue weighted by Gasteiger charge is -2.26. The lowest BCUT2D eigenvalue weighted by molar-refractivity contribution is 0.0526. The number of hydrogen-bond donors (Lipinski definition) is 1. The maximum atomic E-state index is 13.3. The topological polar surface area (TPSA) is 122 Å². The van der Waals surface area contributed by atoms with Gasteiger partial charge in [0.05, 0.1) is 35.9 Å². The van der Waals surface area contributed by atoms with Crippen LogP contribution in [0, 0.1) is 0 Å². The van der Waals surface area contributed by atoms with E-state index in [1.807, 2.05) is 6.07 Å². The molecule has 1 N–H and O–H groups in total. The van der Waals surface area contributed by atoms with Gasteiger partial charge in [-0.15, -0.1) is 11.3 Å². The number of anilines is 2. The molecule has 0 atom stereocenters. The number of carbonyl (C=O) groups excluding carboxylic acids is 3. The van der Waals surface area contributed by atoms with E-state index in [2.05, 4.69) is 5.32 Å². The van der Waals surface area contributed by atoms with Crippen molar-refractivity contribution in [3.8, 4) is 0 Å². The van der Waals surface area contributed by atoms with Crippen molar-refractivity contribution in [2.75, 3.05) is 35.9 Å². The van der Waals surface area contributed by atoms with E-state index in [1.54, 1.807) is 49.9 Å². The summed E-state index contributed by atoms with van der Waals surface area (Å²) in [6, 6.07) is 14.4. The van der Waals surface area contributed by atoms with Crippen LogP contribution in [0.5, 0.6) is 0 Å². The third-order valence-electron chi connectivity index (χ3n) is 6.33. The van der Waals surface area contributed by atoms with Crippen LogP contribution in [0.25, 0.3) is 0 Å². The Morgan fingerprint density at radius 3 is 2.27 bits per heavy atom. The smallest absolute Gasteiger partial charge is 0.410 e. The summed E-state index contributed by atoms with van der Waals surface area (Å²) in [6.45, 7) is 6.46. The van der Waals surface area contributed by atoms with Crippen LogP contribution in [-0.4, -0.2) is 57.6 Å². The molecule has 0 unspecified atom stereocenters. The maximum Gasteiger partial charge on any atom is 0.410 e. The average Bonchev–Trinajstić information content (AvgIpc) is 3.31. The molecule has 0 saturated heterocycles. The second-order valence-corrected chi connectivity index (χ2v) is 11.8. The van der Waals surface area contributed by atoms with Crippen molar-refractivity contribution in [1.29, 1.82) is 0 Å². The van der Waals surface area contributed by atoms with Crippen LogP contribution in [0.2, 0.25) is 0 Å². The minimum atomic E-state index is -3.85. The van der Waals surface area contributed by atoms with Gasteiger partial charge in [-0.2, -0.15) is 0 Å². The Bertz CT molecular complexity index is 1490. The quantitative estimate of drug-likeness (QED) is 0.354. The van der Waals surface area contributed by atoms with Crippen LogP contribution >= 0.6 is 11.3 Å². The Morgan fingerprint density at radius 1 is 0.975 bits per heavy atom. The highest BCUT2D eigenvalue weighted by Gasteiger charge is 2.32. The number of ether oxygens (including phenoxy) is 2. The van der Waals surface area contributed by atoms with E-state index in [0.717, 1.165) is 10.4 Å². The van der Waals surface area contributed by atoms with E-state index in [1.165, 1.54) is 39.9 Å². The zero-order chi connectivity index (χ0) is 28.9. The van der Waals surface area contributed by atoms with Crippen LogP contribution < -0.4 is 9.62 Å². The number of nitrogens with zero attached hydrogens (tertiary/aromatic N) is 2. The number of sulfonamides is 1. The maximum absolute atomic E-state index is 13.3. The fourth-order valence-corrected chi connectivity index (χ4v) is 7.17. The van der Waals surface area contributed by atoms with Gasteiger partial charge in [0.1, 0.15) is 5.00 Å². The van der Waals surface area contributed by atoms with E-state index in [0.29, 0.717) is 23.7 Å². The lowest BCUT2D eigenvalue weighted by Crippen LogP contribution is -2.36. The van der Waals surface area contributed by atoms with Gasteiger partial charge in [0.2, 0.25) is 0 Å². The molecule has 0 bridgehead atoms. The molecule has 0 spiro atoms. The van der Waals surface area contributed by atoms with Gasteiger partial charge in [0.25, 0.3) is 15.9 Å². The standard InChI is InChI=1S/C28H31N3O7S2/c1-4-31(20-10-8-7-9-11-20)40(35,36)21-14-12-19(13-15-21)25(32)29-26-24(27(33)37-5-2)22-16-17-30(18-23(22)39-26)28(34)38-6-3/h7-15H,4-6,16-18H2,1-3H3,(H,29,32). The zero-order valence-electron chi connectivity index (χ0n) is 22.5. The van der Waals surface area contributed by atoms with Gasteiger partial charge in [-0.25, -0.2) is 18.0 Å². The van der Waals surface area contributed by atoms with Gasteiger partial charge < -0.3 is 19.7 Å². The number of carbonyl (C=O) groups is 3. The largest absolute Gasteiger partial charge is 0.462 e. The number of amides is 2. The molecule has 0 fully saturated rings. The summed E-state index contributed by atoms with van der Waals surface area (Å²) in [6.07, 6.45) is -0.0231. The molecule has 212 valence electrons. The highest BCUT2D eigenvalue weighted by molar-refractivity contribution is 7.92. The number of rotatable bonds is 9. The number of fused-ring (bicyclic) bond motifs is 1. The summed E-state index contributed by atoms with van der Waals surface area (Å²) >= 11 is 1.21. The molecule has 2 aromatic carbocycles. The third-order valence-corrected chi connectivity index (χ3v) is 9.37. The van der Waals surface area contributed by atoms with Crippen molar-refractivity contribution in [2.24, 2.45) is 0 Å². The molecule has 1 aliphatic heterocycles. The Kier molecular flexibility index (Phi) is 9.10. The number of hydrogen-bond acceptors (Lipinski definition) is 8. The zero-order valence-corrected chi connectivity index (χ0v) is 24.1. The Balaban J connectivity index is 1.57. The number of thiophene rings is 1. The Morgan fingerprint density at radius 2 is 1.65 bits per heavy atom. The lowest BCUT2D eigenvalue weighted by atomic mass is 10.0. The SMILES string of the molecule is CCOC(=O)c1c(NC(=O)c2ccc(S(=O)(=O)N(CC)c3ccccc3)cc2)sc2c1CCN(C(=O)OCC)C2. The summed E-state index contributed by atoms with van der Waals surface area (Å²) in [7, 11) is -3.85. The van der Waals surface area contributed by atoms with Crippen molar-refractivity contribution in [1.82, 2.24) is 4.90 Å². The fraction of sp³-hybridized carbons (Fsp3) is 0.321. The minimum absolute atomic E-state index is 0.0487. The van der Waals surface area contributed by atoms with Crippen molar-refractivity contribution in [2.45, 2.75) is 38.6 Å². The molecule has 1 aliphatic rings. The van der Waals surface area contributed by atoms with Gasteiger partial charge >= 0.3 is 12.1 Å². The second kappa shape index (κ2) is 12.5. The molecule has 40 heavy (non-hydrogen) atoms. The predicted octanol–water partition coefficient (Wildman–Crippen LogP) is 4.91. The Labute approximate surface area is 237 Å². The van der Waals surface area contributed by atoms with Gasteiger partial charge in [-0.05, 0) is 69.2 Å². The molecule has 1 aromatic heterocycles. The summed E-state index contributed by atoms with van der Waals surface area (Å²) in [5.41, 5.74) is 1.78. The molecule has 3 aromatic rings. The third kappa shape index (κ3) is 5.97. The van der Waals surface area contributed by atoms with E-state index < -0.39 is 28.0 Å². The number of nitrogens with one attached hydrogen (secondary N) is 1. The summed E-state index contributed by atoms with van der Waals surface area (Å²) < 4.78 is 38.2. The van der Waals surface area contributed by atoms with E-state index in [-0.39, 0.29) is 42.3 Å². The first-order valence-electron chi connectivity index (χ1n) is 12.9. The normalized spacial score (nSPS) is 12.8. The van der Waals surface area contributed by atoms with Gasteiger partial charge in [0, 0.05) is 23.5 Å². The van der Waals surface area contributed by atoms with Gasteiger partial charge in [-0.1, -0.05) is 18.2 Å². The highest BCUT2D eigenvalue weighted by atomic mass is 32.2. The average molecular weight is 586 g/mol. The van der Waals surface area contributed by atoms with E-state index in [9.17, 15) is 22.8 Å². The van der Waals surface area contributed by atoms with Crippen molar-refractivity contribution >= 4 is 50.0 Å². The molecular weight excluding hydrogens is 554 g/mol. The molecule has 2 heterocycles.